The molecule has 0 radical (unpaired) electrons. The van der Waals surface area contributed by atoms with Crippen LogP contribution in [-0.2, 0) is 0 Å². The van der Waals surface area contributed by atoms with Gasteiger partial charge in [-0.1, -0.05) is 26.7 Å². The smallest absolute Gasteiger partial charge is 0.00964 e. The maximum atomic E-state index is 5.74. The zero-order valence-electron chi connectivity index (χ0n) is 10.5. The van der Waals surface area contributed by atoms with Gasteiger partial charge in [-0.05, 0) is 51.2 Å². The Kier molecular flexibility index (Phi) is 6.26. The summed E-state index contributed by atoms with van der Waals surface area (Å²) in [7, 11) is 0. The number of hydrogen-bond donors (Lipinski definition) is 1. The number of unbranched alkanes of at least 4 members (excludes halogenated alkanes) is 1. The van der Waals surface area contributed by atoms with Crippen LogP contribution in [0.3, 0.4) is 0 Å². The molecule has 2 N–H and O–H groups in total. The van der Waals surface area contributed by atoms with E-state index in [1.807, 2.05) is 0 Å². The lowest BCUT2D eigenvalue weighted by atomic mass is 10.0. The summed E-state index contributed by atoms with van der Waals surface area (Å²) in [5, 5.41) is 0. The van der Waals surface area contributed by atoms with Gasteiger partial charge in [0.1, 0.15) is 0 Å². The first-order valence-electron chi connectivity index (χ1n) is 6.75. The summed E-state index contributed by atoms with van der Waals surface area (Å²) in [5.74, 6) is 0.743. The lowest BCUT2D eigenvalue weighted by Crippen LogP contribution is -2.30. The fourth-order valence-electron chi connectivity index (χ4n) is 2.11. The molecule has 1 atom stereocenters. The van der Waals surface area contributed by atoms with Crippen molar-refractivity contribution in [1.29, 1.82) is 0 Å². The number of nitrogens with zero attached hydrogens (tertiary/aromatic N) is 1. The summed E-state index contributed by atoms with van der Waals surface area (Å²) >= 11 is 0. The van der Waals surface area contributed by atoms with Crippen LogP contribution in [0.1, 0.15) is 52.4 Å². The molecule has 0 saturated heterocycles. The van der Waals surface area contributed by atoms with E-state index in [0.29, 0.717) is 0 Å². The average molecular weight is 212 g/mol. The molecule has 0 aliphatic heterocycles. The monoisotopic (exact) mass is 212 g/mol. The van der Waals surface area contributed by atoms with Gasteiger partial charge in [0, 0.05) is 6.04 Å². The molecule has 1 aliphatic carbocycles. The predicted octanol–water partition coefficient (Wildman–Crippen LogP) is 2.63. The molecule has 0 spiro atoms. The Labute approximate surface area is 95.2 Å². The van der Waals surface area contributed by atoms with E-state index in [4.69, 9.17) is 5.73 Å². The molecule has 1 saturated carbocycles. The molecule has 1 rings (SSSR count). The van der Waals surface area contributed by atoms with E-state index in [1.165, 1.54) is 51.6 Å². The molecule has 0 aromatic heterocycles. The Hall–Kier alpha value is -0.0800. The summed E-state index contributed by atoms with van der Waals surface area (Å²) < 4.78 is 0. The van der Waals surface area contributed by atoms with E-state index in [-0.39, 0.29) is 0 Å². The topological polar surface area (TPSA) is 29.3 Å². The van der Waals surface area contributed by atoms with Crippen molar-refractivity contribution >= 4 is 0 Å². The highest BCUT2D eigenvalue weighted by Gasteiger charge is 2.28. The molecular formula is C13H28N2. The zero-order chi connectivity index (χ0) is 11.1. The van der Waals surface area contributed by atoms with Gasteiger partial charge in [-0.15, -0.1) is 0 Å². The molecule has 0 amide bonds. The highest BCUT2D eigenvalue weighted by atomic mass is 15.2. The Morgan fingerprint density at radius 2 is 2.00 bits per heavy atom. The quantitative estimate of drug-likeness (QED) is 0.636. The van der Waals surface area contributed by atoms with Gasteiger partial charge < -0.3 is 10.6 Å². The van der Waals surface area contributed by atoms with Gasteiger partial charge in [0.2, 0.25) is 0 Å². The van der Waals surface area contributed by atoms with E-state index in [0.717, 1.165) is 18.5 Å². The Morgan fingerprint density at radius 1 is 1.27 bits per heavy atom. The average Bonchev–Trinajstić information content (AvgIpc) is 3.07. The molecule has 1 unspecified atom stereocenters. The third-order valence-corrected chi connectivity index (χ3v) is 3.60. The van der Waals surface area contributed by atoms with Gasteiger partial charge in [0.05, 0.1) is 0 Å². The minimum Gasteiger partial charge on any atom is -0.330 e. The van der Waals surface area contributed by atoms with Crippen molar-refractivity contribution in [1.82, 2.24) is 4.90 Å². The van der Waals surface area contributed by atoms with Crippen LogP contribution in [0.4, 0.5) is 0 Å². The molecule has 90 valence electrons. The first-order chi connectivity index (χ1) is 7.31. The van der Waals surface area contributed by atoms with Crippen LogP contribution < -0.4 is 5.73 Å². The Bertz CT molecular complexity index is 151. The van der Waals surface area contributed by atoms with Crippen LogP contribution in [0.25, 0.3) is 0 Å². The second-order valence-corrected chi connectivity index (χ2v) is 4.92. The third-order valence-electron chi connectivity index (χ3n) is 3.60. The number of hydrogen-bond acceptors (Lipinski definition) is 2. The molecule has 1 aliphatic rings. The molecule has 0 aromatic rings. The number of nitrogens with two attached hydrogens (primary N) is 1. The number of rotatable bonds is 9. The molecule has 2 heteroatoms. The summed E-state index contributed by atoms with van der Waals surface area (Å²) in [5.41, 5.74) is 5.74. The van der Waals surface area contributed by atoms with Crippen molar-refractivity contribution in [2.75, 3.05) is 19.6 Å². The van der Waals surface area contributed by atoms with Gasteiger partial charge >= 0.3 is 0 Å². The maximum Gasteiger partial charge on any atom is 0.00964 e. The molecule has 15 heavy (non-hydrogen) atoms. The van der Waals surface area contributed by atoms with E-state index in [1.54, 1.807) is 0 Å². The van der Waals surface area contributed by atoms with Crippen LogP contribution in [0.15, 0.2) is 0 Å². The van der Waals surface area contributed by atoms with Gasteiger partial charge in [0.15, 0.2) is 0 Å². The summed E-state index contributed by atoms with van der Waals surface area (Å²) in [4.78, 5) is 2.70. The Balaban J connectivity index is 2.18. The van der Waals surface area contributed by atoms with Crippen molar-refractivity contribution in [3.05, 3.63) is 0 Å². The van der Waals surface area contributed by atoms with Crippen molar-refractivity contribution in [3.63, 3.8) is 0 Å². The minimum atomic E-state index is 0.743. The highest BCUT2D eigenvalue weighted by molar-refractivity contribution is 4.84. The molecular weight excluding hydrogens is 184 g/mol. The molecule has 2 nitrogen and oxygen atoms in total. The Morgan fingerprint density at radius 3 is 2.47 bits per heavy atom. The largest absolute Gasteiger partial charge is 0.330 e. The third kappa shape index (κ3) is 4.98. The van der Waals surface area contributed by atoms with Gasteiger partial charge in [-0.25, -0.2) is 0 Å². The second-order valence-electron chi connectivity index (χ2n) is 4.92. The molecule has 1 fully saturated rings. The lowest BCUT2D eigenvalue weighted by Gasteiger charge is -2.24. The van der Waals surface area contributed by atoms with E-state index in [9.17, 15) is 0 Å². The van der Waals surface area contributed by atoms with Crippen LogP contribution in [0.2, 0.25) is 0 Å². The highest BCUT2D eigenvalue weighted by Crippen LogP contribution is 2.27. The van der Waals surface area contributed by atoms with Crippen LogP contribution in [0, 0.1) is 5.92 Å². The summed E-state index contributed by atoms with van der Waals surface area (Å²) in [6.07, 6.45) is 8.08. The zero-order valence-corrected chi connectivity index (χ0v) is 10.5. The van der Waals surface area contributed by atoms with Gasteiger partial charge in [-0.2, -0.15) is 0 Å². The van der Waals surface area contributed by atoms with Crippen LogP contribution >= 0.6 is 0 Å². The molecule has 0 bridgehead atoms. The fraction of sp³-hybridized carbons (Fsp3) is 1.00. The van der Waals surface area contributed by atoms with Crippen LogP contribution in [0.5, 0.6) is 0 Å². The second kappa shape index (κ2) is 7.24. The first kappa shape index (κ1) is 13.0. The first-order valence-corrected chi connectivity index (χ1v) is 6.75. The lowest BCUT2D eigenvalue weighted by molar-refractivity contribution is 0.237. The van der Waals surface area contributed by atoms with E-state index >= 15 is 0 Å². The van der Waals surface area contributed by atoms with Gasteiger partial charge in [-0.3, -0.25) is 0 Å². The molecule has 0 heterocycles. The van der Waals surface area contributed by atoms with E-state index < -0.39 is 0 Å². The van der Waals surface area contributed by atoms with Crippen LogP contribution in [-0.4, -0.2) is 30.6 Å². The molecule has 0 aromatic carbocycles. The van der Waals surface area contributed by atoms with Crippen molar-refractivity contribution in [2.24, 2.45) is 11.7 Å². The van der Waals surface area contributed by atoms with Gasteiger partial charge in [0.25, 0.3) is 0 Å². The summed E-state index contributed by atoms with van der Waals surface area (Å²) in [6.45, 7) is 7.98. The predicted molar refractivity (Wildman–Crippen MR) is 67.0 cm³/mol. The fourth-order valence-corrected chi connectivity index (χ4v) is 2.11. The standard InChI is InChI=1S/C13H28N2/c1-3-5-9-15(13-6-7-13)10-8-12(4-2)11-14/h12-13H,3-11,14H2,1-2H3. The van der Waals surface area contributed by atoms with Crippen molar-refractivity contribution < 1.29 is 0 Å². The van der Waals surface area contributed by atoms with Crippen molar-refractivity contribution in [3.8, 4) is 0 Å². The normalized spacial score (nSPS) is 18.4. The SMILES string of the molecule is CCCCN(CCC(CC)CN)C1CC1. The summed E-state index contributed by atoms with van der Waals surface area (Å²) in [6, 6.07) is 0.923. The van der Waals surface area contributed by atoms with E-state index in [2.05, 4.69) is 18.7 Å². The maximum absolute atomic E-state index is 5.74. The minimum absolute atomic E-state index is 0.743. The van der Waals surface area contributed by atoms with Crippen molar-refractivity contribution in [2.45, 2.75) is 58.4 Å².